The molecule has 0 heterocycles. The molecular formula is C25H22ClN3. The second kappa shape index (κ2) is 8.38. The minimum atomic E-state index is 0.672. The average molecular weight is 400 g/mol. The van der Waals surface area contributed by atoms with Gasteiger partial charge in [-0.3, -0.25) is 0 Å². The number of halogens is 1. The largest absolute Gasteiger partial charge is 0.378 e. The number of nitrogens with zero attached hydrogens (tertiary/aromatic N) is 3. The number of hydrogen-bond donors (Lipinski definition) is 0. The molecule has 4 heteroatoms. The molecule has 4 aromatic carbocycles. The van der Waals surface area contributed by atoms with Crippen LogP contribution >= 0.6 is 11.6 Å². The lowest BCUT2D eigenvalue weighted by Gasteiger charge is -2.21. The van der Waals surface area contributed by atoms with Crippen LogP contribution in [0.15, 0.2) is 96.1 Å². The van der Waals surface area contributed by atoms with Crippen LogP contribution in [0.2, 0.25) is 5.02 Å². The lowest BCUT2D eigenvalue weighted by molar-refractivity contribution is 1.10. The summed E-state index contributed by atoms with van der Waals surface area (Å²) in [4.78, 5) is 2.03. The van der Waals surface area contributed by atoms with Crippen LogP contribution < -0.4 is 9.91 Å². The van der Waals surface area contributed by atoms with Gasteiger partial charge in [-0.2, -0.15) is 5.10 Å². The molecule has 0 bridgehead atoms. The van der Waals surface area contributed by atoms with E-state index in [-0.39, 0.29) is 0 Å². The van der Waals surface area contributed by atoms with E-state index >= 15 is 0 Å². The fraction of sp³-hybridized carbons (Fsp3) is 0.0800. The zero-order valence-electron chi connectivity index (χ0n) is 16.5. The van der Waals surface area contributed by atoms with Crippen LogP contribution in [0.25, 0.3) is 10.8 Å². The maximum Gasteiger partial charge on any atom is 0.0730 e. The third kappa shape index (κ3) is 4.10. The average Bonchev–Trinajstić information content (AvgIpc) is 2.75. The van der Waals surface area contributed by atoms with Gasteiger partial charge in [-0.1, -0.05) is 66.2 Å². The Hall–Kier alpha value is -3.30. The van der Waals surface area contributed by atoms with Crippen molar-refractivity contribution in [1.29, 1.82) is 0 Å². The maximum absolute atomic E-state index is 6.51. The van der Waals surface area contributed by atoms with E-state index in [1.54, 1.807) is 0 Å². The third-order valence-electron chi connectivity index (χ3n) is 4.81. The van der Waals surface area contributed by atoms with Crippen molar-refractivity contribution < 1.29 is 0 Å². The molecule has 4 aromatic rings. The van der Waals surface area contributed by atoms with Gasteiger partial charge < -0.3 is 4.90 Å². The molecule has 0 aliphatic carbocycles. The number of hydrazone groups is 1. The number of hydrogen-bond acceptors (Lipinski definition) is 3. The van der Waals surface area contributed by atoms with Crippen molar-refractivity contribution in [3.8, 4) is 0 Å². The third-order valence-corrected chi connectivity index (χ3v) is 5.14. The molecule has 0 saturated heterocycles. The van der Waals surface area contributed by atoms with Crippen molar-refractivity contribution in [2.75, 3.05) is 24.0 Å². The van der Waals surface area contributed by atoms with E-state index in [4.69, 9.17) is 16.7 Å². The molecule has 0 aliphatic rings. The van der Waals surface area contributed by atoms with Crippen LogP contribution in [0.3, 0.4) is 0 Å². The lowest BCUT2D eigenvalue weighted by atomic mass is 10.1. The topological polar surface area (TPSA) is 18.8 Å². The van der Waals surface area contributed by atoms with E-state index in [9.17, 15) is 0 Å². The summed E-state index contributed by atoms with van der Waals surface area (Å²) in [6.07, 6.45) is 1.82. The molecule has 0 atom stereocenters. The molecule has 0 unspecified atom stereocenters. The van der Waals surface area contributed by atoms with E-state index < -0.39 is 0 Å². The summed E-state index contributed by atoms with van der Waals surface area (Å²) in [7, 11) is 3.99. The summed E-state index contributed by atoms with van der Waals surface area (Å²) in [5, 5.41) is 9.78. The molecule has 0 fully saturated rings. The van der Waals surface area contributed by atoms with Gasteiger partial charge >= 0.3 is 0 Å². The van der Waals surface area contributed by atoms with Gasteiger partial charge in [0.15, 0.2) is 0 Å². The fourth-order valence-corrected chi connectivity index (χ4v) is 3.47. The maximum atomic E-state index is 6.51. The summed E-state index contributed by atoms with van der Waals surface area (Å²) < 4.78 is 0. The molecular weight excluding hydrogens is 378 g/mol. The smallest absolute Gasteiger partial charge is 0.0730 e. The Morgan fingerprint density at radius 1 is 0.759 bits per heavy atom. The van der Waals surface area contributed by atoms with Crippen molar-refractivity contribution >= 4 is 45.7 Å². The second-order valence-corrected chi connectivity index (χ2v) is 7.40. The van der Waals surface area contributed by atoms with Gasteiger partial charge in [0.1, 0.15) is 0 Å². The van der Waals surface area contributed by atoms with Gasteiger partial charge in [-0.25, -0.2) is 5.01 Å². The molecule has 0 radical (unpaired) electrons. The Bertz CT molecular complexity index is 1150. The highest BCUT2D eigenvalue weighted by Crippen LogP contribution is 2.32. The predicted molar refractivity (Wildman–Crippen MR) is 126 cm³/mol. The van der Waals surface area contributed by atoms with Crippen molar-refractivity contribution in [2.45, 2.75) is 0 Å². The molecule has 0 amide bonds. The zero-order valence-corrected chi connectivity index (χ0v) is 17.2. The van der Waals surface area contributed by atoms with Crippen LogP contribution in [0.4, 0.5) is 17.1 Å². The van der Waals surface area contributed by atoms with Gasteiger partial charge in [0, 0.05) is 30.7 Å². The molecule has 29 heavy (non-hydrogen) atoms. The fourth-order valence-electron chi connectivity index (χ4n) is 3.25. The van der Waals surface area contributed by atoms with Crippen molar-refractivity contribution in [3.63, 3.8) is 0 Å². The quantitative estimate of drug-likeness (QED) is 0.273. The van der Waals surface area contributed by atoms with Crippen LogP contribution in [-0.2, 0) is 0 Å². The van der Waals surface area contributed by atoms with Gasteiger partial charge in [0.05, 0.1) is 22.6 Å². The van der Waals surface area contributed by atoms with Gasteiger partial charge in [-0.05, 0) is 41.8 Å². The van der Waals surface area contributed by atoms with Crippen LogP contribution in [0.1, 0.15) is 5.56 Å². The molecule has 0 aromatic heterocycles. The Kier molecular flexibility index (Phi) is 5.50. The summed E-state index contributed by atoms with van der Waals surface area (Å²) in [5.41, 5.74) is 3.94. The molecule has 0 saturated carbocycles. The lowest BCUT2D eigenvalue weighted by Crippen LogP contribution is -2.10. The van der Waals surface area contributed by atoms with E-state index in [0.717, 1.165) is 28.0 Å². The summed E-state index contributed by atoms with van der Waals surface area (Å²) in [6.45, 7) is 0. The summed E-state index contributed by atoms with van der Waals surface area (Å²) in [6, 6.07) is 30.7. The minimum Gasteiger partial charge on any atom is -0.378 e. The van der Waals surface area contributed by atoms with Crippen molar-refractivity contribution in [2.24, 2.45) is 5.10 Å². The number of anilines is 3. The highest BCUT2D eigenvalue weighted by Gasteiger charge is 2.11. The predicted octanol–water partition coefficient (Wildman–Crippen LogP) is 6.73. The molecule has 3 nitrogen and oxygen atoms in total. The first-order valence-corrected chi connectivity index (χ1v) is 9.85. The van der Waals surface area contributed by atoms with Gasteiger partial charge in [0.2, 0.25) is 0 Å². The number of rotatable bonds is 5. The Labute approximate surface area is 176 Å². The Morgan fingerprint density at radius 3 is 2.24 bits per heavy atom. The molecule has 144 valence electrons. The number of para-hydroxylation sites is 1. The molecule has 0 spiro atoms. The summed E-state index contributed by atoms with van der Waals surface area (Å²) in [5.74, 6) is 0. The van der Waals surface area contributed by atoms with Gasteiger partial charge in [0.25, 0.3) is 0 Å². The molecule has 4 rings (SSSR count). The number of benzene rings is 4. The normalized spacial score (nSPS) is 11.1. The standard InChI is InChI=1S/C25H22ClN3/c1-28(2)22-16-15-20(24(26)17-22)18-27-29(21-11-4-3-5-12-21)25-14-8-10-19-9-6-7-13-23(19)25/h3-18H,1-2H3/b27-18+. The second-order valence-electron chi connectivity index (χ2n) is 6.99. The van der Waals surface area contributed by atoms with E-state index in [2.05, 4.69) is 48.5 Å². The Morgan fingerprint density at radius 2 is 1.48 bits per heavy atom. The van der Waals surface area contributed by atoms with Crippen molar-refractivity contribution in [1.82, 2.24) is 0 Å². The first kappa shape index (κ1) is 19.0. The SMILES string of the molecule is CN(C)c1ccc(/C=N/N(c2ccccc2)c2cccc3ccccc23)c(Cl)c1. The first-order valence-electron chi connectivity index (χ1n) is 9.47. The number of fused-ring (bicyclic) bond motifs is 1. The molecule has 0 N–H and O–H groups in total. The molecule has 0 aliphatic heterocycles. The van der Waals surface area contributed by atoms with Crippen LogP contribution in [-0.4, -0.2) is 20.3 Å². The first-order chi connectivity index (χ1) is 14.1. The zero-order chi connectivity index (χ0) is 20.2. The van der Waals surface area contributed by atoms with Crippen LogP contribution in [0, 0.1) is 0 Å². The minimum absolute atomic E-state index is 0.672. The van der Waals surface area contributed by atoms with Gasteiger partial charge in [-0.15, -0.1) is 0 Å². The highest BCUT2D eigenvalue weighted by molar-refractivity contribution is 6.33. The van der Waals surface area contributed by atoms with E-state index in [1.165, 1.54) is 5.39 Å². The summed E-state index contributed by atoms with van der Waals surface area (Å²) >= 11 is 6.51. The monoisotopic (exact) mass is 399 g/mol. The van der Waals surface area contributed by atoms with E-state index in [1.807, 2.05) is 72.7 Å². The van der Waals surface area contributed by atoms with Crippen LogP contribution in [0.5, 0.6) is 0 Å². The van der Waals surface area contributed by atoms with Crippen molar-refractivity contribution in [3.05, 3.63) is 102 Å². The Balaban J connectivity index is 1.79. The highest BCUT2D eigenvalue weighted by atomic mass is 35.5. The van der Waals surface area contributed by atoms with E-state index in [0.29, 0.717) is 5.02 Å².